The third-order valence-electron chi connectivity index (χ3n) is 5.25. The largest absolute Gasteiger partial charge is 0.431 e. The van der Waals surface area contributed by atoms with Crippen LogP contribution in [0.15, 0.2) is 16.8 Å². The van der Waals surface area contributed by atoms with Crippen LogP contribution in [-0.4, -0.2) is 98.8 Å². The summed E-state index contributed by atoms with van der Waals surface area (Å²) < 4.78 is 9.87. The van der Waals surface area contributed by atoms with Crippen LogP contribution in [0.2, 0.25) is 0 Å². The minimum atomic E-state index is -1.84. The Bertz CT molecular complexity index is 775. The van der Waals surface area contributed by atoms with Gasteiger partial charge in [0, 0.05) is 17.5 Å². The molecule has 8 atom stereocenters. The van der Waals surface area contributed by atoms with E-state index in [1.54, 1.807) is 33.3 Å². The van der Waals surface area contributed by atoms with Gasteiger partial charge in [0.2, 0.25) is 12.2 Å². The molecule has 2 heterocycles. The molecule has 8 unspecified atom stereocenters. The highest BCUT2D eigenvalue weighted by Gasteiger charge is 2.45. The van der Waals surface area contributed by atoms with Crippen molar-refractivity contribution in [2.45, 2.75) is 62.7 Å². The Labute approximate surface area is 221 Å². The van der Waals surface area contributed by atoms with Crippen molar-refractivity contribution in [3.63, 3.8) is 0 Å². The number of esters is 1. The predicted octanol–water partition coefficient (Wildman–Crippen LogP) is 0.174. The first-order chi connectivity index (χ1) is 16.6. The molecule has 200 valence electrons. The second-order valence-electron chi connectivity index (χ2n) is 8.18. The van der Waals surface area contributed by atoms with Crippen LogP contribution in [-0.2, 0) is 25.5 Å². The van der Waals surface area contributed by atoms with Crippen LogP contribution >= 0.6 is 44.7 Å². The minimum absolute atomic E-state index is 0.0920. The van der Waals surface area contributed by atoms with E-state index in [1.165, 1.54) is 18.3 Å². The summed E-state index contributed by atoms with van der Waals surface area (Å²) in [5.74, 6) is 0.636. The fourth-order valence-electron chi connectivity index (χ4n) is 3.07. The zero-order valence-electron chi connectivity index (χ0n) is 19.5. The minimum Gasteiger partial charge on any atom is -0.431 e. The van der Waals surface area contributed by atoms with Crippen LogP contribution in [0.3, 0.4) is 0 Å². The normalized spacial score (nSPS) is 27.1. The third-order valence-corrected chi connectivity index (χ3v) is 9.21. The molecular weight excluding hydrogens is 537 g/mol. The quantitative estimate of drug-likeness (QED) is 0.102. The van der Waals surface area contributed by atoms with Gasteiger partial charge in [0.1, 0.15) is 24.4 Å². The summed E-state index contributed by atoms with van der Waals surface area (Å²) in [4.78, 5) is 25.5. The van der Waals surface area contributed by atoms with Gasteiger partial charge in [-0.15, -0.1) is 0 Å². The summed E-state index contributed by atoms with van der Waals surface area (Å²) in [6, 6.07) is 0.961. The molecular formula is C21H34N2O8S4. The molecule has 0 saturated carbocycles. The molecule has 0 aliphatic carbocycles. The van der Waals surface area contributed by atoms with Gasteiger partial charge in [-0.2, -0.15) is 23.1 Å². The van der Waals surface area contributed by atoms with Gasteiger partial charge < -0.3 is 41.0 Å². The third kappa shape index (κ3) is 10.0. The molecule has 0 radical (unpaired) electrons. The number of carbonyl (C=O) groups is 2. The Balaban J connectivity index is 1.89. The van der Waals surface area contributed by atoms with Crippen LogP contribution in [0, 0.1) is 5.92 Å². The second kappa shape index (κ2) is 15.6. The number of aliphatic hydroxyl groups is 4. The van der Waals surface area contributed by atoms with Crippen molar-refractivity contribution in [3.05, 3.63) is 22.4 Å². The maximum atomic E-state index is 13.0. The number of ether oxygens (including phenoxy) is 2. The van der Waals surface area contributed by atoms with E-state index in [-0.39, 0.29) is 11.9 Å². The molecule has 7 N–H and O–H groups in total. The van der Waals surface area contributed by atoms with E-state index in [9.17, 15) is 30.0 Å². The number of nitrogens with one attached hydrogen (secondary N) is 1. The summed E-state index contributed by atoms with van der Waals surface area (Å²) in [6.07, 6.45) is -5.33. The Morgan fingerprint density at radius 3 is 2.57 bits per heavy atom. The van der Waals surface area contributed by atoms with Crippen molar-refractivity contribution < 1.29 is 39.5 Å². The van der Waals surface area contributed by atoms with Gasteiger partial charge in [0.15, 0.2) is 6.29 Å². The standard InChI is InChI=1S/C21H34N2O8S4/c1-11(19(28)30-21-17(26)15(24)16(25)20(29)31-21)23-18(27)13(7-12-3-6-33-8-12)9-34-35-10-14(22)4-5-32-2/h3,6,8,11,13-17,20-21,24-26,29H,4-5,7,9-10,22H2,1-2H3,(H,23,27). The van der Waals surface area contributed by atoms with E-state index in [1.807, 2.05) is 23.1 Å². The van der Waals surface area contributed by atoms with E-state index in [0.717, 1.165) is 23.5 Å². The summed E-state index contributed by atoms with van der Waals surface area (Å²) in [6.45, 7) is 1.42. The number of aliphatic hydroxyl groups excluding tert-OH is 4. The summed E-state index contributed by atoms with van der Waals surface area (Å²) in [5.41, 5.74) is 7.13. The number of thiophene rings is 1. The van der Waals surface area contributed by atoms with Gasteiger partial charge in [0.05, 0.1) is 5.92 Å². The maximum Gasteiger partial charge on any atom is 0.330 e. The average molecular weight is 571 g/mol. The molecule has 1 aromatic rings. The lowest BCUT2D eigenvalue weighted by Crippen LogP contribution is -2.59. The van der Waals surface area contributed by atoms with Crippen molar-refractivity contribution in [1.82, 2.24) is 5.32 Å². The molecule has 1 fully saturated rings. The average Bonchev–Trinajstić information content (AvgIpc) is 3.34. The van der Waals surface area contributed by atoms with Gasteiger partial charge in [-0.25, -0.2) is 4.79 Å². The predicted molar refractivity (Wildman–Crippen MR) is 140 cm³/mol. The number of hydrogen-bond donors (Lipinski definition) is 6. The molecule has 14 heteroatoms. The highest BCUT2D eigenvalue weighted by molar-refractivity contribution is 8.76. The molecule has 1 aliphatic rings. The molecule has 1 saturated heterocycles. The molecule has 2 rings (SSSR count). The highest BCUT2D eigenvalue weighted by Crippen LogP contribution is 2.27. The lowest BCUT2D eigenvalue weighted by Gasteiger charge is -2.37. The van der Waals surface area contributed by atoms with Gasteiger partial charge in [-0.1, -0.05) is 21.6 Å². The van der Waals surface area contributed by atoms with Crippen LogP contribution < -0.4 is 11.1 Å². The molecule has 1 amide bonds. The number of nitrogens with two attached hydrogens (primary N) is 1. The SMILES string of the molecule is CSCCC(N)CSSCC(Cc1ccsc1)C(=O)NC(C)C(=O)OC1OC(O)C(O)C(O)C1O. The molecule has 0 aromatic carbocycles. The van der Waals surface area contributed by atoms with Gasteiger partial charge >= 0.3 is 5.97 Å². The fourth-order valence-corrected chi connectivity index (χ4v) is 6.86. The van der Waals surface area contributed by atoms with Crippen molar-refractivity contribution in [1.29, 1.82) is 0 Å². The van der Waals surface area contributed by atoms with Crippen LogP contribution in [0.5, 0.6) is 0 Å². The number of thioether (sulfide) groups is 1. The first kappa shape index (κ1) is 30.7. The topological polar surface area (TPSA) is 172 Å². The van der Waals surface area contributed by atoms with Crippen molar-refractivity contribution >= 4 is 56.6 Å². The van der Waals surface area contributed by atoms with Gasteiger partial charge in [-0.3, -0.25) is 4.79 Å². The van der Waals surface area contributed by atoms with Gasteiger partial charge in [0.25, 0.3) is 0 Å². The number of hydrogen-bond acceptors (Lipinski definition) is 13. The lowest BCUT2D eigenvalue weighted by atomic mass is 10.0. The maximum absolute atomic E-state index is 13.0. The van der Waals surface area contributed by atoms with Crippen LogP contribution in [0.4, 0.5) is 0 Å². The zero-order valence-corrected chi connectivity index (χ0v) is 22.8. The smallest absolute Gasteiger partial charge is 0.330 e. The monoisotopic (exact) mass is 570 g/mol. The van der Waals surface area contributed by atoms with Gasteiger partial charge in [-0.05, 0) is 54.2 Å². The number of rotatable bonds is 14. The van der Waals surface area contributed by atoms with Crippen LogP contribution in [0.1, 0.15) is 18.9 Å². The van der Waals surface area contributed by atoms with E-state index >= 15 is 0 Å². The van der Waals surface area contributed by atoms with E-state index < -0.39 is 48.8 Å². The summed E-state index contributed by atoms with van der Waals surface area (Å²) in [5, 5.41) is 45.4. The van der Waals surface area contributed by atoms with Crippen molar-refractivity contribution in [2.75, 3.05) is 23.5 Å². The fraction of sp³-hybridized carbons (Fsp3) is 0.714. The molecule has 0 spiro atoms. The van der Waals surface area contributed by atoms with E-state index in [2.05, 4.69) is 5.32 Å². The number of carbonyl (C=O) groups excluding carboxylic acids is 2. The lowest BCUT2D eigenvalue weighted by molar-refractivity contribution is -0.331. The highest BCUT2D eigenvalue weighted by atomic mass is 33.1. The molecule has 1 aliphatic heterocycles. The molecule has 1 aromatic heterocycles. The second-order valence-corrected chi connectivity index (χ2v) is 12.5. The summed E-state index contributed by atoms with van der Waals surface area (Å²) in [7, 11) is 3.18. The Kier molecular flexibility index (Phi) is 13.7. The molecule has 35 heavy (non-hydrogen) atoms. The Hall–Kier alpha value is -0.550. The Morgan fingerprint density at radius 2 is 1.91 bits per heavy atom. The first-order valence-electron chi connectivity index (χ1n) is 11.0. The number of amides is 1. The Morgan fingerprint density at radius 1 is 1.20 bits per heavy atom. The molecule has 10 nitrogen and oxygen atoms in total. The van der Waals surface area contributed by atoms with Crippen LogP contribution in [0.25, 0.3) is 0 Å². The van der Waals surface area contributed by atoms with E-state index in [4.69, 9.17) is 15.2 Å². The zero-order chi connectivity index (χ0) is 26.0. The molecule has 0 bridgehead atoms. The van der Waals surface area contributed by atoms with Crippen molar-refractivity contribution in [2.24, 2.45) is 11.7 Å². The van der Waals surface area contributed by atoms with Crippen molar-refractivity contribution in [3.8, 4) is 0 Å². The van der Waals surface area contributed by atoms with E-state index in [0.29, 0.717) is 12.2 Å². The first-order valence-corrected chi connectivity index (χ1v) is 15.8. The summed E-state index contributed by atoms with van der Waals surface area (Å²) >= 11 is 3.30.